The van der Waals surface area contributed by atoms with E-state index in [1.54, 1.807) is 23.2 Å². The lowest BCUT2D eigenvalue weighted by Gasteiger charge is -2.20. The first-order valence-corrected chi connectivity index (χ1v) is 11.1. The van der Waals surface area contributed by atoms with E-state index in [1.165, 1.54) is 0 Å². The van der Waals surface area contributed by atoms with Crippen LogP contribution in [0, 0.1) is 11.3 Å². The molecule has 164 valence electrons. The van der Waals surface area contributed by atoms with Crippen molar-refractivity contribution in [3.8, 4) is 17.5 Å². The number of nitrogens with two attached hydrogens (primary N) is 1. The van der Waals surface area contributed by atoms with Crippen LogP contribution in [0.2, 0.25) is 5.02 Å². The molecule has 2 aromatic heterocycles. The Kier molecular flexibility index (Phi) is 6.50. The molecule has 1 aromatic carbocycles. The summed E-state index contributed by atoms with van der Waals surface area (Å²) in [6, 6.07) is 9.47. The Balaban J connectivity index is 1.52. The molecule has 0 aliphatic carbocycles. The number of hydrogen-bond acceptors (Lipinski definition) is 9. The van der Waals surface area contributed by atoms with Gasteiger partial charge in [-0.2, -0.15) is 5.26 Å². The number of nitrogens with one attached hydrogen (secondary N) is 1. The molecular formula is C21H21ClN8OS. The first-order valence-electron chi connectivity index (χ1n) is 9.94. The third-order valence-corrected chi connectivity index (χ3v) is 6.09. The summed E-state index contributed by atoms with van der Waals surface area (Å²) in [6.45, 7) is 2.90. The number of thiazole rings is 1. The molecular weight excluding hydrogens is 448 g/mol. The molecule has 32 heavy (non-hydrogen) atoms. The zero-order chi connectivity index (χ0) is 22.7. The predicted molar refractivity (Wildman–Crippen MR) is 125 cm³/mol. The molecule has 9 nitrogen and oxygen atoms in total. The summed E-state index contributed by atoms with van der Waals surface area (Å²) in [7, 11) is 1.83. The number of rotatable bonds is 5. The summed E-state index contributed by atoms with van der Waals surface area (Å²) in [5.74, 6) is 0.521. The Hall–Kier alpha value is -3.26. The Morgan fingerprint density at radius 3 is 2.94 bits per heavy atom. The number of amides is 1. The number of anilines is 3. The van der Waals surface area contributed by atoms with E-state index < -0.39 is 0 Å². The van der Waals surface area contributed by atoms with Crippen molar-refractivity contribution in [3.05, 3.63) is 45.9 Å². The van der Waals surface area contributed by atoms with Crippen LogP contribution in [0.3, 0.4) is 0 Å². The van der Waals surface area contributed by atoms with Crippen molar-refractivity contribution >= 4 is 45.6 Å². The topological polar surface area (TPSA) is 124 Å². The number of carbonyl (C=O) groups is 1. The first-order chi connectivity index (χ1) is 15.4. The molecule has 1 fully saturated rings. The molecule has 0 radical (unpaired) electrons. The quantitative estimate of drug-likeness (QED) is 0.585. The summed E-state index contributed by atoms with van der Waals surface area (Å²) in [5.41, 5.74) is 8.45. The minimum atomic E-state index is 0.166. The van der Waals surface area contributed by atoms with E-state index in [4.69, 9.17) is 17.3 Å². The largest absolute Gasteiger partial charge is 0.375 e. The lowest BCUT2D eigenvalue weighted by Crippen LogP contribution is -2.29. The number of halogens is 1. The number of aromatic nitrogens is 3. The second-order valence-electron chi connectivity index (χ2n) is 7.42. The van der Waals surface area contributed by atoms with Crippen molar-refractivity contribution in [3.63, 3.8) is 0 Å². The third kappa shape index (κ3) is 5.13. The number of nitriles is 1. The summed E-state index contributed by atoms with van der Waals surface area (Å²) in [4.78, 5) is 29.3. The third-order valence-electron chi connectivity index (χ3n) is 5.08. The summed E-state index contributed by atoms with van der Waals surface area (Å²) < 4.78 is 0. The van der Waals surface area contributed by atoms with E-state index in [2.05, 4.69) is 31.2 Å². The average Bonchev–Trinajstić information content (AvgIpc) is 3.08. The molecule has 0 bridgehead atoms. The van der Waals surface area contributed by atoms with Gasteiger partial charge in [0, 0.05) is 56.6 Å². The van der Waals surface area contributed by atoms with Gasteiger partial charge in [0.25, 0.3) is 0 Å². The fourth-order valence-corrected chi connectivity index (χ4v) is 4.36. The average molecular weight is 469 g/mol. The number of carbonyl (C=O) groups excluding carboxylic acids is 1. The van der Waals surface area contributed by atoms with Gasteiger partial charge < -0.3 is 16.0 Å². The van der Waals surface area contributed by atoms with Crippen LogP contribution in [0.15, 0.2) is 30.5 Å². The number of likely N-dealkylation sites (N-methyl/N-ethyl adjacent to an activating group) is 1. The summed E-state index contributed by atoms with van der Waals surface area (Å²) in [6.07, 6.45) is 2.10. The van der Waals surface area contributed by atoms with Gasteiger partial charge in [-0.05, 0) is 29.8 Å². The van der Waals surface area contributed by atoms with Crippen LogP contribution in [0.25, 0.3) is 11.4 Å². The maximum Gasteiger partial charge on any atom is 0.227 e. The maximum atomic E-state index is 11.9. The van der Waals surface area contributed by atoms with Gasteiger partial charge in [0.1, 0.15) is 16.6 Å². The second-order valence-corrected chi connectivity index (χ2v) is 8.89. The fraction of sp³-hybridized carbons (Fsp3) is 0.286. The van der Waals surface area contributed by atoms with E-state index in [-0.39, 0.29) is 5.91 Å². The number of benzene rings is 1. The molecule has 3 heterocycles. The van der Waals surface area contributed by atoms with Crippen molar-refractivity contribution in [2.24, 2.45) is 0 Å². The van der Waals surface area contributed by atoms with Crippen molar-refractivity contribution in [1.29, 1.82) is 5.26 Å². The standard InChI is InChI=1S/C21H21ClN8OS/c1-29-6-7-30(5-3-18(29)31)12-13-8-14(22)10-15(9-13)26-21-25-4-2-16(27-21)19-17(11-23)32-20(24)28-19/h2,4,8-10H,3,5-7,12H2,1H3,(H2,24,28)(H,25,26,27). The summed E-state index contributed by atoms with van der Waals surface area (Å²) in [5, 5.41) is 13.4. The molecule has 0 unspecified atom stereocenters. The van der Waals surface area contributed by atoms with Crippen molar-refractivity contribution in [2.75, 3.05) is 37.7 Å². The van der Waals surface area contributed by atoms with Gasteiger partial charge in [0.15, 0.2) is 5.13 Å². The van der Waals surface area contributed by atoms with E-state index in [9.17, 15) is 10.1 Å². The molecule has 0 spiro atoms. The Morgan fingerprint density at radius 1 is 1.28 bits per heavy atom. The zero-order valence-corrected chi connectivity index (χ0v) is 18.9. The van der Waals surface area contributed by atoms with Crippen LogP contribution in [0.1, 0.15) is 16.9 Å². The highest BCUT2D eigenvalue weighted by Crippen LogP contribution is 2.29. The predicted octanol–water partition coefficient (Wildman–Crippen LogP) is 3.12. The highest BCUT2D eigenvalue weighted by Gasteiger charge is 2.18. The molecule has 4 rings (SSSR count). The smallest absolute Gasteiger partial charge is 0.227 e. The molecule has 1 aliphatic heterocycles. The van der Waals surface area contributed by atoms with Crippen molar-refractivity contribution in [2.45, 2.75) is 13.0 Å². The highest BCUT2D eigenvalue weighted by atomic mass is 35.5. The minimum absolute atomic E-state index is 0.166. The second kappa shape index (κ2) is 9.48. The first kappa shape index (κ1) is 22.0. The van der Waals surface area contributed by atoms with Crippen LogP contribution in [0.5, 0.6) is 0 Å². The van der Waals surface area contributed by atoms with Crippen LogP contribution >= 0.6 is 22.9 Å². The monoisotopic (exact) mass is 468 g/mol. The van der Waals surface area contributed by atoms with Crippen LogP contribution in [-0.2, 0) is 11.3 Å². The van der Waals surface area contributed by atoms with E-state index in [1.807, 2.05) is 19.2 Å². The minimum Gasteiger partial charge on any atom is -0.375 e. The Morgan fingerprint density at radius 2 is 2.12 bits per heavy atom. The number of nitrogens with zero attached hydrogens (tertiary/aromatic N) is 6. The Labute approximate surface area is 194 Å². The van der Waals surface area contributed by atoms with E-state index in [0.29, 0.717) is 58.4 Å². The normalized spacial score (nSPS) is 14.8. The number of nitrogen functional groups attached to an aromatic ring is 1. The Bertz CT molecular complexity index is 1190. The van der Waals surface area contributed by atoms with Gasteiger partial charge in [-0.25, -0.2) is 15.0 Å². The summed E-state index contributed by atoms with van der Waals surface area (Å²) >= 11 is 7.48. The molecule has 3 N–H and O–H groups in total. The van der Waals surface area contributed by atoms with Crippen LogP contribution in [0.4, 0.5) is 16.8 Å². The van der Waals surface area contributed by atoms with Crippen LogP contribution in [-0.4, -0.2) is 57.3 Å². The molecule has 11 heteroatoms. The molecule has 3 aromatic rings. The lowest BCUT2D eigenvalue weighted by molar-refractivity contribution is -0.129. The number of hydrogen-bond donors (Lipinski definition) is 2. The van der Waals surface area contributed by atoms with E-state index >= 15 is 0 Å². The SMILES string of the molecule is CN1CCN(Cc2cc(Cl)cc(Nc3nccc(-c4nc(N)sc4C#N)n3)c2)CCC1=O. The molecule has 1 saturated heterocycles. The van der Waals surface area contributed by atoms with Gasteiger partial charge in [-0.15, -0.1) is 0 Å². The molecule has 1 amide bonds. The van der Waals surface area contributed by atoms with Crippen molar-refractivity contribution in [1.82, 2.24) is 24.8 Å². The lowest BCUT2D eigenvalue weighted by atomic mass is 10.2. The van der Waals surface area contributed by atoms with Crippen LogP contribution < -0.4 is 11.1 Å². The molecule has 1 aliphatic rings. The van der Waals surface area contributed by atoms with Gasteiger partial charge in [-0.3, -0.25) is 9.69 Å². The van der Waals surface area contributed by atoms with Gasteiger partial charge in [0.05, 0.1) is 5.69 Å². The maximum absolute atomic E-state index is 11.9. The highest BCUT2D eigenvalue weighted by molar-refractivity contribution is 7.16. The fourth-order valence-electron chi connectivity index (χ4n) is 3.47. The molecule has 0 atom stereocenters. The van der Waals surface area contributed by atoms with Crippen molar-refractivity contribution < 1.29 is 4.79 Å². The van der Waals surface area contributed by atoms with E-state index in [0.717, 1.165) is 29.1 Å². The van der Waals surface area contributed by atoms with Gasteiger partial charge >= 0.3 is 0 Å². The zero-order valence-electron chi connectivity index (χ0n) is 17.4. The molecule has 0 saturated carbocycles. The van der Waals surface area contributed by atoms with Gasteiger partial charge in [-0.1, -0.05) is 22.9 Å². The van der Waals surface area contributed by atoms with Gasteiger partial charge in [0.2, 0.25) is 11.9 Å².